The van der Waals surface area contributed by atoms with Gasteiger partial charge in [0.05, 0.1) is 4.90 Å². The second kappa shape index (κ2) is 5.26. The van der Waals surface area contributed by atoms with Gasteiger partial charge >= 0.3 is 0 Å². The van der Waals surface area contributed by atoms with E-state index in [1.807, 2.05) is 26.0 Å². The van der Waals surface area contributed by atoms with E-state index in [2.05, 4.69) is 10.3 Å². The monoisotopic (exact) mass is 331 g/mol. The lowest BCUT2D eigenvalue weighted by Gasteiger charge is -2.24. The summed E-state index contributed by atoms with van der Waals surface area (Å²) >= 11 is 0. The summed E-state index contributed by atoms with van der Waals surface area (Å²) in [5, 5.41) is 5.11. The smallest absolute Gasteiger partial charge is 0.243 e. The fraction of sp³-hybridized carbons (Fsp3) is 0.471. The summed E-state index contributed by atoms with van der Waals surface area (Å²) < 4.78 is 28.2. The maximum Gasteiger partial charge on any atom is 0.243 e. The lowest BCUT2D eigenvalue weighted by atomic mass is 10.0. The zero-order valence-electron chi connectivity index (χ0n) is 13.4. The number of nitrogens with one attached hydrogen (secondary N) is 1. The minimum atomic E-state index is -3.51. The largest absolute Gasteiger partial charge is 0.312 e. The van der Waals surface area contributed by atoms with Gasteiger partial charge in [-0.2, -0.15) is 4.31 Å². The van der Waals surface area contributed by atoms with Crippen LogP contribution < -0.4 is 5.32 Å². The molecular formula is C17H21N3O2S. The number of aryl methyl sites for hydroxylation is 1. The van der Waals surface area contributed by atoms with Crippen molar-refractivity contribution in [3.05, 3.63) is 36.2 Å². The standard InChI is InChI=1S/C17H21N3O2S/c1-11-14-4-3-5-16(15(14)7-9-18-11)23(21,22)20-10-13-6-8-19-17(13)12(20)2/h3-5,7,9,12-13,17,19H,6,8,10H2,1-2H3. The van der Waals surface area contributed by atoms with Crippen LogP contribution in [0.1, 0.15) is 19.0 Å². The van der Waals surface area contributed by atoms with Crippen LogP contribution in [0.2, 0.25) is 0 Å². The summed E-state index contributed by atoms with van der Waals surface area (Å²) in [5.74, 6) is 0.429. The molecule has 0 radical (unpaired) electrons. The average molecular weight is 331 g/mol. The summed E-state index contributed by atoms with van der Waals surface area (Å²) in [4.78, 5) is 4.67. The van der Waals surface area contributed by atoms with Crippen molar-refractivity contribution in [1.82, 2.24) is 14.6 Å². The van der Waals surface area contributed by atoms with Gasteiger partial charge in [0.15, 0.2) is 0 Å². The van der Waals surface area contributed by atoms with E-state index in [-0.39, 0.29) is 12.1 Å². The second-order valence-corrected chi connectivity index (χ2v) is 8.45. The van der Waals surface area contributed by atoms with Crippen LogP contribution in [-0.4, -0.2) is 42.9 Å². The van der Waals surface area contributed by atoms with E-state index < -0.39 is 10.0 Å². The lowest BCUT2D eigenvalue weighted by Crippen LogP contribution is -2.42. The first kappa shape index (κ1) is 15.1. The summed E-state index contributed by atoms with van der Waals surface area (Å²) in [6.45, 7) is 5.53. The SMILES string of the molecule is Cc1nccc2c(S(=O)(=O)N3CC4CCNC4C3C)cccc12. The molecule has 2 aliphatic rings. The predicted octanol–water partition coefficient (Wildman–Crippen LogP) is 1.91. The summed E-state index contributed by atoms with van der Waals surface area (Å²) in [6, 6.07) is 7.53. The van der Waals surface area contributed by atoms with E-state index in [0.717, 1.165) is 29.4 Å². The van der Waals surface area contributed by atoms with Gasteiger partial charge in [-0.15, -0.1) is 0 Å². The number of fused-ring (bicyclic) bond motifs is 2. The van der Waals surface area contributed by atoms with Crippen molar-refractivity contribution in [2.75, 3.05) is 13.1 Å². The topological polar surface area (TPSA) is 62.3 Å². The fourth-order valence-corrected chi connectivity index (χ4v) is 6.04. The maximum atomic E-state index is 13.3. The highest BCUT2D eigenvalue weighted by Crippen LogP contribution is 2.36. The molecule has 2 aromatic rings. The van der Waals surface area contributed by atoms with Crippen molar-refractivity contribution in [2.45, 2.75) is 37.2 Å². The second-order valence-electron chi connectivity index (χ2n) is 6.59. The van der Waals surface area contributed by atoms with Gasteiger partial charge in [0.25, 0.3) is 0 Å². The van der Waals surface area contributed by atoms with Gasteiger partial charge in [-0.1, -0.05) is 12.1 Å². The Morgan fingerprint density at radius 2 is 2.09 bits per heavy atom. The van der Waals surface area contributed by atoms with Gasteiger partial charge in [-0.25, -0.2) is 8.42 Å². The number of nitrogens with zero attached hydrogens (tertiary/aromatic N) is 2. The van der Waals surface area contributed by atoms with E-state index in [1.165, 1.54) is 0 Å². The summed E-state index contributed by atoms with van der Waals surface area (Å²) in [5.41, 5.74) is 0.854. The highest BCUT2D eigenvalue weighted by Gasteiger charge is 2.47. The van der Waals surface area contributed by atoms with Crippen molar-refractivity contribution >= 4 is 20.8 Å². The minimum Gasteiger partial charge on any atom is -0.312 e. The molecule has 3 heterocycles. The van der Waals surface area contributed by atoms with Crippen LogP contribution in [0.15, 0.2) is 35.4 Å². The van der Waals surface area contributed by atoms with Crippen molar-refractivity contribution in [2.24, 2.45) is 5.92 Å². The van der Waals surface area contributed by atoms with Crippen LogP contribution in [-0.2, 0) is 10.0 Å². The van der Waals surface area contributed by atoms with Gasteiger partial charge in [0.1, 0.15) is 0 Å². The van der Waals surface area contributed by atoms with Crippen molar-refractivity contribution in [3.8, 4) is 0 Å². The highest BCUT2D eigenvalue weighted by atomic mass is 32.2. The summed E-state index contributed by atoms with van der Waals surface area (Å²) in [6.07, 6.45) is 2.74. The first-order valence-corrected chi connectivity index (χ1v) is 9.54. The number of aromatic nitrogens is 1. The molecule has 5 nitrogen and oxygen atoms in total. The molecule has 0 spiro atoms. The molecule has 2 fully saturated rings. The average Bonchev–Trinajstić information content (AvgIpc) is 3.11. The van der Waals surface area contributed by atoms with Gasteiger partial charge in [0, 0.05) is 41.3 Å². The zero-order valence-corrected chi connectivity index (χ0v) is 14.2. The minimum absolute atomic E-state index is 0.00862. The van der Waals surface area contributed by atoms with Crippen LogP contribution in [0.4, 0.5) is 0 Å². The molecule has 0 amide bonds. The number of pyridine rings is 1. The first-order valence-electron chi connectivity index (χ1n) is 8.10. The molecule has 0 aliphatic carbocycles. The molecule has 0 saturated carbocycles. The van der Waals surface area contributed by atoms with Crippen molar-refractivity contribution in [3.63, 3.8) is 0 Å². The molecule has 122 valence electrons. The predicted molar refractivity (Wildman–Crippen MR) is 89.7 cm³/mol. The van der Waals surface area contributed by atoms with Crippen LogP contribution in [0.5, 0.6) is 0 Å². The number of sulfonamides is 1. The van der Waals surface area contributed by atoms with Gasteiger partial charge in [-0.3, -0.25) is 4.98 Å². The molecule has 1 N–H and O–H groups in total. The van der Waals surface area contributed by atoms with E-state index in [0.29, 0.717) is 17.4 Å². The lowest BCUT2D eigenvalue weighted by molar-refractivity contribution is 0.373. The third-order valence-electron chi connectivity index (χ3n) is 5.34. The molecule has 1 aromatic heterocycles. The third kappa shape index (κ3) is 2.20. The number of hydrogen-bond donors (Lipinski definition) is 1. The molecule has 3 unspecified atom stereocenters. The molecule has 2 saturated heterocycles. The Labute approximate surface area is 136 Å². The van der Waals surface area contributed by atoms with Gasteiger partial charge in [-0.05, 0) is 44.9 Å². The number of hydrogen-bond acceptors (Lipinski definition) is 4. The van der Waals surface area contributed by atoms with Crippen LogP contribution in [0.3, 0.4) is 0 Å². The van der Waals surface area contributed by atoms with E-state index in [1.54, 1.807) is 22.6 Å². The van der Waals surface area contributed by atoms with Crippen LogP contribution >= 0.6 is 0 Å². The highest BCUT2D eigenvalue weighted by molar-refractivity contribution is 7.89. The van der Waals surface area contributed by atoms with Crippen molar-refractivity contribution < 1.29 is 8.42 Å². The molecule has 1 aromatic carbocycles. The Morgan fingerprint density at radius 3 is 2.87 bits per heavy atom. The number of benzene rings is 1. The third-order valence-corrected chi connectivity index (χ3v) is 7.35. The van der Waals surface area contributed by atoms with Crippen molar-refractivity contribution in [1.29, 1.82) is 0 Å². The van der Waals surface area contributed by atoms with Crippen LogP contribution in [0, 0.1) is 12.8 Å². The molecule has 6 heteroatoms. The maximum absolute atomic E-state index is 13.3. The Kier molecular flexibility index (Phi) is 3.44. The summed E-state index contributed by atoms with van der Waals surface area (Å²) in [7, 11) is -3.51. The first-order chi connectivity index (χ1) is 11.0. The van der Waals surface area contributed by atoms with Gasteiger partial charge in [0.2, 0.25) is 10.0 Å². The Hall–Kier alpha value is -1.50. The Morgan fingerprint density at radius 1 is 1.26 bits per heavy atom. The fourth-order valence-electron chi connectivity index (χ4n) is 4.12. The van der Waals surface area contributed by atoms with E-state index in [4.69, 9.17) is 0 Å². The Bertz CT molecular complexity index is 865. The molecule has 4 rings (SSSR count). The normalized spacial score (nSPS) is 28.3. The quantitative estimate of drug-likeness (QED) is 0.913. The van der Waals surface area contributed by atoms with E-state index in [9.17, 15) is 8.42 Å². The molecule has 2 aliphatic heterocycles. The van der Waals surface area contributed by atoms with Gasteiger partial charge < -0.3 is 5.32 Å². The zero-order chi connectivity index (χ0) is 16.2. The number of rotatable bonds is 2. The molecule has 3 atom stereocenters. The Balaban J connectivity index is 1.83. The van der Waals surface area contributed by atoms with Crippen LogP contribution in [0.25, 0.3) is 10.8 Å². The molecular weight excluding hydrogens is 310 g/mol. The molecule has 0 bridgehead atoms. The van der Waals surface area contributed by atoms with E-state index >= 15 is 0 Å². The molecule has 23 heavy (non-hydrogen) atoms.